The molecule has 0 saturated heterocycles. The Labute approximate surface area is 181 Å². The van der Waals surface area contributed by atoms with E-state index >= 15 is 0 Å². The zero-order valence-electron chi connectivity index (χ0n) is 18.0. The number of hydrogen-bond acceptors (Lipinski definition) is 6. The SMILES string of the molecule is CC(C)=CCCC(C)=CCc1c(O)cc2c(c1O)C(=O)C[C@@H](c1ccc(O)c(O)c1)O2. The van der Waals surface area contributed by atoms with Gasteiger partial charge in [0.1, 0.15) is 28.9 Å². The van der Waals surface area contributed by atoms with E-state index < -0.39 is 6.10 Å². The number of hydrogen-bond donors (Lipinski definition) is 4. The summed E-state index contributed by atoms with van der Waals surface area (Å²) in [7, 11) is 0. The van der Waals surface area contributed by atoms with E-state index in [-0.39, 0.29) is 52.1 Å². The molecular weight excluding hydrogens is 396 g/mol. The van der Waals surface area contributed by atoms with Crippen LogP contribution in [0.5, 0.6) is 28.7 Å². The van der Waals surface area contributed by atoms with Crippen LogP contribution in [0, 0.1) is 0 Å². The highest BCUT2D eigenvalue weighted by Gasteiger charge is 2.32. The fraction of sp³-hybridized carbons (Fsp3) is 0.320. The molecule has 6 heteroatoms. The third-order valence-corrected chi connectivity index (χ3v) is 5.38. The van der Waals surface area contributed by atoms with E-state index in [9.17, 15) is 25.2 Å². The van der Waals surface area contributed by atoms with Crippen LogP contribution in [-0.4, -0.2) is 26.2 Å². The van der Waals surface area contributed by atoms with Crippen LogP contribution in [-0.2, 0) is 6.42 Å². The maximum absolute atomic E-state index is 12.8. The summed E-state index contributed by atoms with van der Waals surface area (Å²) in [6, 6.07) is 5.55. The van der Waals surface area contributed by atoms with E-state index in [0.717, 1.165) is 18.4 Å². The maximum atomic E-state index is 12.8. The largest absolute Gasteiger partial charge is 0.507 e. The number of allylic oxidation sites excluding steroid dienone is 4. The van der Waals surface area contributed by atoms with E-state index in [1.165, 1.54) is 23.8 Å². The van der Waals surface area contributed by atoms with Gasteiger partial charge in [-0.1, -0.05) is 29.4 Å². The summed E-state index contributed by atoms with van der Waals surface area (Å²) in [5.74, 6) is -1.21. The number of fused-ring (bicyclic) bond motifs is 1. The molecule has 0 saturated carbocycles. The van der Waals surface area contributed by atoms with Gasteiger partial charge in [0.25, 0.3) is 0 Å². The Morgan fingerprint density at radius 3 is 2.45 bits per heavy atom. The number of rotatable bonds is 6. The van der Waals surface area contributed by atoms with Crippen LogP contribution in [0.3, 0.4) is 0 Å². The zero-order chi connectivity index (χ0) is 22.7. The average Bonchev–Trinajstić information content (AvgIpc) is 2.68. The predicted molar refractivity (Wildman–Crippen MR) is 118 cm³/mol. The second kappa shape index (κ2) is 9.16. The standard InChI is InChI=1S/C25H28O6/c1-14(2)5-4-6-15(3)7-9-17-19(27)12-23-24(25(17)30)21(29)13-22(31-23)16-8-10-18(26)20(28)11-16/h5,7-8,10-12,22,26-28,30H,4,6,9,13H2,1-3H3/t22-/m0/s1. The van der Waals surface area contributed by atoms with E-state index in [0.29, 0.717) is 12.0 Å². The van der Waals surface area contributed by atoms with Gasteiger partial charge in [-0.25, -0.2) is 0 Å². The van der Waals surface area contributed by atoms with E-state index in [1.54, 1.807) is 6.07 Å². The van der Waals surface area contributed by atoms with E-state index in [2.05, 4.69) is 19.9 Å². The smallest absolute Gasteiger partial charge is 0.174 e. The van der Waals surface area contributed by atoms with Gasteiger partial charge in [-0.05, 0) is 57.7 Å². The minimum absolute atomic E-state index is 0.0352. The summed E-state index contributed by atoms with van der Waals surface area (Å²) < 4.78 is 5.85. The molecule has 0 spiro atoms. The second-order valence-corrected chi connectivity index (χ2v) is 8.15. The Balaban J connectivity index is 1.84. The van der Waals surface area contributed by atoms with Crippen molar-refractivity contribution in [3.05, 3.63) is 64.3 Å². The van der Waals surface area contributed by atoms with Crippen LogP contribution in [0.15, 0.2) is 47.6 Å². The number of carbonyl (C=O) groups excluding carboxylic acids is 1. The van der Waals surface area contributed by atoms with Crippen molar-refractivity contribution in [3.8, 4) is 28.7 Å². The topological polar surface area (TPSA) is 107 Å². The quantitative estimate of drug-likeness (QED) is 0.363. The summed E-state index contributed by atoms with van der Waals surface area (Å²) in [6.07, 6.45) is 5.46. The van der Waals surface area contributed by atoms with Crippen molar-refractivity contribution in [3.63, 3.8) is 0 Å². The molecule has 0 aliphatic carbocycles. The number of ether oxygens (including phenoxy) is 1. The highest BCUT2D eigenvalue weighted by molar-refractivity contribution is 6.03. The van der Waals surface area contributed by atoms with Crippen molar-refractivity contribution in [2.45, 2.75) is 52.6 Å². The van der Waals surface area contributed by atoms with Crippen molar-refractivity contribution in [2.24, 2.45) is 0 Å². The molecule has 0 amide bonds. The Morgan fingerprint density at radius 2 is 1.77 bits per heavy atom. The van der Waals surface area contributed by atoms with E-state index in [4.69, 9.17) is 4.74 Å². The maximum Gasteiger partial charge on any atom is 0.174 e. The Morgan fingerprint density at radius 1 is 1.03 bits per heavy atom. The highest BCUT2D eigenvalue weighted by atomic mass is 16.5. The number of phenolic OH excluding ortho intramolecular Hbond substituents is 4. The molecule has 3 rings (SSSR count). The minimum atomic E-state index is -0.701. The number of Topliss-reactive ketones (excluding diaryl/α,β-unsaturated/α-hetero) is 1. The molecule has 0 radical (unpaired) electrons. The Kier molecular flexibility index (Phi) is 6.59. The first kappa shape index (κ1) is 22.3. The lowest BCUT2D eigenvalue weighted by Crippen LogP contribution is -2.21. The van der Waals surface area contributed by atoms with E-state index in [1.807, 2.05) is 13.0 Å². The molecule has 4 N–H and O–H groups in total. The molecule has 31 heavy (non-hydrogen) atoms. The van der Waals surface area contributed by atoms with Gasteiger partial charge in [-0.2, -0.15) is 0 Å². The molecule has 1 heterocycles. The molecule has 0 bridgehead atoms. The molecule has 1 aliphatic rings. The van der Waals surface area contributed by atoms with Gasteiger partial charge < -0.3 is 25.2 Å². The predicted octanol–water partition coefficient (Wildman–Crippen LogP) is 5.45. The number of aromatic hydroxyl groups is 4. The Bertz CT molecular complexity index is 1060. The summed E-state index contributed by atoms with van der Waals surface area (Å²) >= 11 is 0. The van der Waals surface area contributed by atoms with Crippen molar-refractivity contribution in [1.82, 2.24) is 0 Å². The number of carbonyl (C=O) groups is 1. The molecule has 0 aromatic heterocycles. The molecule has 2 aromatic carbocycles. The zero-order valence-corrected chi connectivity index (χ0v) is 18.0. The summed E-state index contributed by atoms with van der Waals surface area (Å²) in [5.41, 5.74) is 3.24. The normalized spacial score (nSPS) is 15.9. The van der Waals surface area contributed by atoms with Crippen LogP contribution in [0.1, 0.15) is 67.6 Å². The van der Waals surface area contributed by atoms with Gasteiger partial charge in [0.15, 0.2) is 17.3 Å². The highest BCUT2D eigenvalue weighted by Crippen LogP contribution is 2.45. The number of benzene rings is 2. The monoisotopic (exact) mass is 424 g/mol. The summed E-state index contributed by atoms with van der Waals surface area (Å²) in [4.78, 5) is 12.8. The van der Waals surface area contributed by atoms with Crippen LogP contribution < -0.4 is 4.74 Å². The first-order valence-corrected chi connectivity index (χ1v) is 10.3. The lowest BCUT2D eigenvalue weighted by atomic mass is 9.92. The van der Waals surface area contributed by atoms with Crippen LogP contribution in [0.25, 0.3) is 0 Å². The van der Waals surface area contributed by atoms with Crippen LogP contribution in [0.2, 0.25) is 0 Å². The van der Waals surface area contributed by atoms with Crippen LogP contribution >= 0.6 is 0 Å². The van der Waals surface area contributed by atoms with Gasteiger partial charge in [-0.15, -0.1) is 0 Å². The van der Waals surface area contributed by atoms with Gasteiger partial charge in [-0.3, -0.25) is 4.79 Å². The third kappa shape index (κ3) is 5.02. The molecule has 1 aliphatic heterocycles. The third-order valence-electron chi connectivity index (χ3n) is 5.38. The summed E-state index contributed by atoms with van der Waals surface area (Å²) in [6.45, 7) is 6.10. The second-order valence-electron chi connectivity index (χ2n) is 8.15. The lowest BCUT2D eigenvalue weighted by Gasteiger charge is -2.27. The molecule has 164 valence electrons. The average molecular weight is 424 g/mol. The number of phenols is 4. The fourth-order valence-electron chi connectivity index (χ4n) is 3.59. The summed E-state index contributed by atoms with van der Waals surface area (Å²) in [5, 5.41) is 40.4. The lowest BCUT2D eigenvalue weighted by molar-refractivity contribution is 0.0844. The van der Waals surface area contributed by atoms with Crippen LogP contribution in [0.4, 0.5) is 0 Å². The molecule has 0 fully saturated rings. The number of ketones is 1. The van der Waals surface area contributed by atoms with Gasteiger partial charge in [0.2, 0.25) is 0 Å². The Hall–Kier alpha value is -3.41. The minimum Gasteiger partial charge on any atom is -0.507 e. The van der Waals surface area contributed by atoms with Crippen molar-refractivity contribution >= 4 is 5.78 Å². The molecule has 6 nitrogen and oxygen atoms in total. The molecular formula is C25H28O6. The molecule has 2 aromatic rings. The first-order valence-electron chi connectivity index (χ1n) is 10.3. The molecule has 1 atom stereocenters. The van der Waals surface area contributed by atoms with Gasteiger partial charge in [0, 0.05) is 11.6 Å². The van der Waals surface area contributed by atoms with Crippen molar-refractivity contribution in [2.75, 3.05) is 0 Å². The van der Waals surface area contributed by atoms with Crippen molar-refractivity contribution in [1.29, 1.82) is 0 Å². The fourth-order valence-corrected chi connectivity index (χ4v) is 3.59. The first-order chi connectivity index (χ1) is 14.7. The van der Waals surface area contributed by atoms with Crippen molar-refractivity contribution < 1.29 is 30.0 Å². The molecule has 0 unspecified atom stereocenters. The van der Waals surface area contributed by atoms with Gasteiger partial charge >= 0.3 is 0 Å². The van der Waals surface area contributed by atoms with Gasteiger partial charge in [0.05, 0.1) is 6.42 Å².